The maximum Gasteiger partial charge on any atom is 0.272 e. The molecule has 0 fully saturated rings. The molecule has 166 valence electrons. The Hall–Kier alpha value is -2.58. The normalized spacial score (nSPS) is 11.6. The molecule has 0 bridgehead atoms. The zero-order valence-corrected chi connectivity index (χ0v) is 18.6. The topological polar surface area (TPSA) is 87.0 Å². The number of rotatable bonds is 14. The average Bonchev–Trinajstić information content (AvgIpc) is 3.30. The van der Waals surface area contributed by atoms with E-state index in [-0.39, 0.29) is 10.9 Å². The van der Waals surface area contributed by atoms with E-state index in [0.29, 0.717) is 18.7 Å². The summed E-state index contributed by atoms with van der Waals surface area (Å²) in [7, 11) is -3.52. The van der Waals surface area contributed by atoms with Crippen LogP contribution >= 0.6 is 0 Å². The van der Waals surface area contributed by atoms with E-state index in [2.05, 4.69) is 27.7 Å². The number of aromatic nitrogens is 4. The lowest BCUT2D eigenvalue weighted by molar-refractivity contribution is 0.116. The van der Waals surface area contributed by atoms with Crippen LogP contribution in [0.4, 0.5) is 0 Å². The molecule has 1 heterocycles. The van der Waals surface area contributed by atoms with Crippen LogP contribution in [-0.2, 0) is 21.2 Å². The minimum Gasteiger partial charge on any atom is -0.377 e. The zero-order chi connectivity index (χ0) is 21.8. The smallest absolute Gasteiger partial charge is 0.272 e. The number of hydrogen-bond acceptors (Lipinski definition) is 6. The summed E-state index contributed by atoms with van der Waals surface area (Å²) in [6.45, 7) is 1.45. The van der Waals surface area contributed by atoms with E-state index in [9.17, 15) is 8.42 Å². The first-order valence-corrected chi connectivity index (χ1v) is 12.5. The molecule has 0 unspecified atom stereocenters. The van der Waals surface area contributed by atoms with Crippen LogP contribution in [0.25, 0.3) is 5.69 Å². The monoisotopic (exact) mass is 442 g/mol. The van der Waals surface area contributed by atoms with Crippen LogP contribution in [-0.4, -0.2) is 41.0 Å². The van der Waals surface area contributed by atoms with Crippen LogP contribution < -0.4 is 0 Å². The van der Waals surface area contributed by atoms with Gasteiger partial charge in [-0.15, -0.1) is 0 Å². The molecule has 0 amide bonds. The SMILES string of the molecule is O=S(=O)(CCCCCCCCCOCc1ccccc1)c1nnnn1-c1ccccc1. The third-order valence-electron chi connectivity index (χ3n) is 5.03. The molecule has 0 aliphatic heterocycles. The van der Waals surface area contributed by atoms with Crippen molar-refractivity contribution < 1.29 is 13.2 Å². The summed E-state index contributed by atoms with van der Waals surface area (Å²) < 4.78 is 32.3. The Balaban J connectivity index is 1.26. The Labute approximate surface area is 184 Å². The van der Waals surface area contributed by atoms with E-state index in [1.807, 2.05) is 36.4 Å². The van der Waals surface area contributed by atoms with E-state index in [0.717, 1.165) is 45.1 Å². The van der Waals surface area contributed by atoms with E-state index in [1.165, 1.54) is 10.2 Å². The Bertz CT molecular complexity index is 992. The van der Waals surface area contributed by atoms with Crippen molar-refractivity contribution in [2.75, 3.05) is 12.4 Å². The van der Waals surface area contributed by atoms with Gasteiger partial charge in [0, 0.05) is 6.61 Å². The fraction of sp³-hybridized carbons (Fsp3) is 0.435. The maximum atomic E-state index is 12.6. The highest BCUT2D eigenvalue weighted by atomic mass is 32.2. The number of hydrogen-bond donors (Lipinski definition) is 0. The molecule has 1 aromatic heterocycles. The van der Waals surface area contributed by atoms with Crippen LogP contribution in [0.2, 0.25) is 0 Å². The van der Waals surface area contributed by atoms with Gasteiger partial charge in [0.25, 0.3) is 5.16 Å². The largest absolute Gasteiger partial charge is 0.377 e. The van der Waals surface area contributed by atoms with Gasteiger partial charge in [-0.25, -0.2) is 8.42 Å². The Kier molecular flexibility index (Phi) is 9.17. The second kappa shape index (κ2) is 12.3. The van der Waals surface area contributed by atoms with Gasteiger partial charge >= 0.3 is 0 Å². The van der Waals surface area contributed by atoms with Crippen molar-refractivity contribution in [2.45, 2.75) is 56.7 Å². The lowest BCUT2D eigenvalue weighted by Gasteiger charge is -2.06. The van der Waals surface area contributed by atoms with Crippen molar-refractivity contribution in [2.24, 2.45) is 0 Å². The molecule has 0 aliphatic carbocycles. The Morgan fingerprint density at radius 3 is 2.10 bits per heavy atom. The molecule has 7 nitrogen and oxygen atoms in total. The van der Waals surface area contributed by atoms with Crippen LogP contribution in [0.3, 0.4) is 0 Å². The lowest BCUT2D eigenvalue weighted by Crippen LogP contribution is -2.14. The molecule has 0 saturated carbocycles. The molecular formula is C23H30N4O3S. The third-order valence-corrected chi connectivity index (χ3v) is 6.67. The zero-order valence-electron chi connectivity index (χ0n) is 17.8. The summed E-state index contributed by atoms with van der Waals surface area (Å²) in [5, 5.41) is 11.1. The summed E-state index contributed by atoms with van der Waals surface area (Å²) in [5.41, 5.74) is 1.84. The van der Waals surface area contributed by atoms with Gasteiger partial charge in [-0.2, -0.15) is 4.68 Å². The number of para-hydroxylation sites is 1. The molecule has 0 atom stereocenters. The van der Waals surface area contributed by atoms with Gasteiger partial charge in [0.15, 0.2) is 0 Å². The predicted octanol–water partition coefficient (Wildman–Crippen LogP) is 4.38. The fourth-order valence-corrected chi connectivity index (χ4v) is 4.67. The van der Waals surface area contributed by atoms with Crippen molar-refractivity contribution in [1.82, 2.24) is 20.2 Å². The molecule has 8 heteroatoms. The standard InChI is InChI=1S/C23H30N4O3S/c28-31(29,23-24-25-26-27(23)22-16-10-7-11-17-22)19-13-5-3-1-2-4-12-18-30-20-21-14-8-6-9-15-21/h6-11,14-17H,1-5,12-13,18-20H2. The summed E-state index contributed by atoms with van der Waals surface area (Å²) in [4.78, 5) is 0. The van der Waals surface area contributed by atoms with Crippen LogP contribution in [0.15, 0.2) is 65.8 Å². The molecule has 31 heavy (non-hydrogen) atoms. The number of unbranched alkanes of at least 4 members (excludes halogenated alkanes) is 6. The molecule has 0 radical (unpaired) electrons. The summed E-state index contributed by atoms with van der Waals surface area (Å²) in [6, 6.07) is 19.3. The minimum atomic E-state index is -3.52. The number of benzene rings is 2. The van der Waals surface area contributed by atoms with Gasteiger partial charge in [-0.1, -0.05) is 85.7 Å². The van der Waals surface area contributed by atoms with E-state index in [1.54, 1.807) is 12.1 Å². The number of ether oxygens (including phenoxy) is 1. The van der Waals surface area contributed by atoms with Gasteiger partial charge in [0.2, 0.25) is 9.84 Å². The summed E-state index contributed by atoms with van der Waals surface area (Å²) >= 11 is 0. The van der Waals surface area contributed by atoms with Gasteiger partial charge in [0.1, 0.15) is 0 Å². The van der Waals surface area contributed by atoms with E-state index in [4.69, 9.17) is 4.74 Å². The van der Waals surface area contributed by atoms with Gasteiger partial charge in [-0.3, -0.25) is 0 Å². The second-order valence-electron chi connectivity index (χ2n) is 7.54. The first-order valence-electron chi connectivity index (χ1n) is 10.8. The highest BCUT2D eigenvalue weighted by molar-refractivity contribution is 7.91. The molecule has 3 rings (SSSR count). The highest BCUT2D eigenvalue weighted by Gasteiger charge is 2.23. The van der Waals surface area contributed by atoms with Gasteiger partial charge in [0.05, 0.1) is 18.0 Å². The number of sulfone groups is 1. The van der Waals surface area contributed by atoms with Crippen LogP contribution in [0.1, 0.15) is 50.5 Å². The number of tetrazole rings is 1. The molecule has 3 aromatic rings. The Morgan fingerprint density at radius 1 is 0.774 bits per heavy atom. The molecule has 0 saturated heterocycles. The predicted molar refractivity (Wildman–Crippen MR) is 120 cm³/mol. The average molecular weight is 443 g/mol. The van der Waals surface area contributed by atoms with Crippen molar-refractivity contribution in [3.05, 3.63) is 66.2 Å². The number of nitrogens with zero attached hydrogens (tertiary/aromatic N) is 4. The van der Waals surface area contributed by atoms with E-state index >= 15 is 0 Å². The second-order valence-corrected chi connectivity index (χ2v) is 9.54. The molecule has 2 aromatic carbocycles. The fourth-order valence-electron chi connectivity index (χ4n) is 3.34. The summed E-state index contributed by atoms with van der Waals surface area (Å²) in [5.74, 6) is 0.0630. The van der Waals surface area contributed by atoms with Crippen LogP contribution in [0, 0.1) is 0 Å². The lowest BCUT2D eigenvalue weighted by atomic mass is 10.1. The van der Waals surface area contributed by atoms with Crippen molar-refractivity contribution >= 4 is 9.84 Å². The molecule has 0 spiro atoms. The van der Waals surface area contributed by atoms with Crippen molar-refractivity contribution in [1.29, 1.82) is 0 Å². The summed E-state index contributed by atoms with van der Waals surface area (Å²) in [6.07, 6.45) is 6.99. The molecule has 0 N–H and O–H groups in total. The third kappa shape index (κ3) is 7.56. The highest BCUT2D eigenvalue weighted by Crippen LogP contribution is 2.15. The maximum absolute atomic E-state index is 12.6. The molecule has 0 aliphatic rings. The quantitative estimate of drug-likeness (QED) is 0.344. The van der Waals surface area contributed by atoms with Gasteiger partial charge < -0.3 is 4.74 Å². The minimum absolute atomic E-state index is 0.0630. The van der Waals surface area contributed by atoms with Crippen molar-refractivity contribution in [3.63, 3.8) is 0 Å². The van der Waals surface area contributed by atoms with Crippen molar-refractivity contribution in [3.8, 4) is 5.69 Å². The first-order chi connectivity index (χ1) is 15.2. The molecular weight excluding hydrogens is 412 g/mol. The first kappa shape index (κ1) is 23.1. The van der Waals surface area contributed by atoms with E-state index < -0.39 is 9.84 Å². The van der Waals surface area contributed by atoms with Gasteiger partial charge in [-0.05, 0) is 41.0 Å². The van der Waals surface area contributed by atoms with Crippen LogP contribution in [0.5, 0.6) is 0 Å². The Morgan fingerprint density at radius 2 is 1.39 bits per heavy atom.